The standard InChI is InChI=1S/C31H28F3N7O3S/c1-18(2)25-12-5-19(3)13-26(25)41-27(42)16-45-30(41)37-29(43)38-36-15-22-7-6-21(14-20(22)4)28-35-17-40(39-28)23-8-10-24(11-9-23)44-31(32,33)34/h5-15,17-18H,16H2,1-4H3,(H,38,43)/b36-15+,37-30-. The molecule has 0 unspecified atom stereocenters. The van der Waals surface area contributed by atoms with Gasteiger partial charge in [0.05, 0.1) is 23.3 Å². The van der Waals surface area contributed by atoms with Gasteiger partial charge < -0.3 is 4.74 Å². The maximum absolute atomic E-state index is 12.8. The molecule has 0 spiro atoms. The number of benzene rings is 3. The number of ether oxygens (including phenoxy) is 1. The Labute approximate surface area is 261 Å². The lowest BCUT2D eigenvalue weighted by Gasteiger charge is -2.22. The number of anilines is 1. The first kappa shape index (κ1) is 31.4. The Morgan fingerprint density at radius 3 is 2.53 bits per heavy atom. The zero-order chi connectivity index (χ0) is 32.3. The van der Waals surface area contributed by atoms with Gasteiger partial charge in [0.1, 0.15) is 12.1 Å². The van der Waals surface area contributed by atoms with Crippen molar-refractivity contribution in [3.8, 4) is 22.8 Å². The number of aryl methyl sites for hydroxylation is 2. The number of nitrogens with zero attached hydrogens (tertiary/aromatic N) is 6. The van der Waals surface area contributed by atoms with Crippen LogP contribution in [0.2, 0.25) is 0 Å². The SMILES string of the molecule is Cc1ccc(C(C)C)c(N2C(=O)CS/C2=N\C(=O)N/N=C/c2ccc(-c3ncn(-c4ccc(OC(F)(F)F)cc4)n3)cc2C)c1. The molecule has 1 aliphatic heterocycles. The highest BCUT2D eigenvalue weighted by Crippen LogP contribution is 2.34. The number of amidine groups is 1. The van der Waals surface area contributed by atoms with E-state index < -0.39 is 12.4 Å². The Balaban J connectivity index is 1.25. The lowest BCUT2D eigenvalue weighted by Crippen LogP contribution is -2.31. The summed E-state index contributed by atoms with van der Waals surface area (Å²) in [6, 6.07) is 15.9. The molecule has 1 N–H and O–H groups in total. The summed E-state index contributed by atoms with van der Waals surface area (Å²) < 4.78 is 42.6. The second kappa shape index (κ2) is 12.9. The summed E-state index contributed by atoms with van der Waals surface area (Å²) in [7, 11) is 0. The quantitative estimate of drug-likeness (QED) is 0.178. The first-order valence-corrected chi connectivity index (χ1v) is 14.7. The molecule has 1 fully saturated rings. The van der Waals surface area contributed by atoms with Crippen LogP contribution in [0.15, 0.2) is 77.1 Å². The van der Waals surface area contributed by atoms with E-state index in [0.29, 0.717) is 22.2 Å². The van der Waals surface area contributed by atoms with Gasteiger partial charge in [-0.15, -0.1) is 18.3 Å². The minimum atomic E-state index is -4.77. The number of hydrogen-bond donors (Lipinski definition) is 1. The van der Waals surface area contributed by atoms with Gasteiger partial charge in [0.25, 0.3) is 0 Å². The molecule has 3 aromatic carbocycles. The number of hydrogen-bond acceptors (Lipinski definition) is 7. The molecule has 14 heteroatoms. The third kappa shape index (κ3) is 7.58. The molecule has 232 valence electrons. The summed E-state index contributed by atoms with van der Waals surface area (Å²) in [5.41, 5.74) is 7.85. The molecule has 1 aromatic heterocycles. The number of thioether (sulfide) groups is 1. The van der Waals surface area contributed by atoms with Crippen molar-refractivity contribution in [1.82, 2.24) is 20.2 Å². The zero-order valence-electron chi connectivity index (χ0n) is 24.7. The number of hydrazone groups is 1. The molecule has 0 bridgehead atoms. The van der Waals surface area contributed by atoms with E-state index in [2.05, 4.69) is 30.3 Å². The minimum Gasteiger partial charge on any atom is -0.406 e. The molecule has 45 heavy (non-hydrogen) atoms. The summed E-state index contributed by atoms with van der Waals surface area (Å²) in [4.78, 5) is 35.3. The summed E-state index contributed by atoms with van der Waals surface area (Å²) in [6.07, 6.45) is -1.83. The monoisotopic (exact) mass is 635 g/mol. The van der Waals surface area contributed by atoms with Gasteiger partial charge in [-0.1, -0.05) is 49.9 Å². The van der Waals surface area contributed by atoms with Crippen LogP contribution in [-0.4, -0.2) is 50.2 Å². The summed E-state index contributed by atoms with van der Waals surface area (Å²) in [5, 5.41) is 8.75. The predicted octanol–water partition coefficient (Wildman–Crippen LogP) is 6.75. The van der Waals surface area contributed by atoms with Gasteiger partial charge in [-0.2, -0.15) is 10.1 Å². The van der Waals surface area contributed by atoms with Crippen molar-refractivity contribution in [2.45, 2.75) is 40.0 Å². The lowest BCUT2D eigenvalue weighted by atomic mass is 9.99. The van der Waals surface area contributed by atoms with Crippen molar-refractivity contribution in [1.29, 1.82) is 0 Å². The van der Waals surface area contributed by atoms with E-state index in [9.17, 15) is 22.8 Å². The molecule has 0 saturated carbocycles. The number of rotatable bonds is 7. The zero-order valence-corrected chi connectivity index (χ0v) is 25.5. The van der Waals surface area contributed by atoms with E-state index in [-0.39, 0.29) is 23.3 Å². The third-order valence-electron chi connectivity index (χ3n) is 6.73. The number of carbonyl (C=O) groups is 2. The van der Waals surface area contributed by atoms with Gasteiger partial charge in [0.15, 0.2) is 11.0 Å². The summed E-state index contributed by atoms with van der Waals surface area (Å²) >= 11 is 1.20. The van der Waals surface area contributed by atoms with E-state index in [0.717, 1.165) is 27.9 Å². The van der Waals surface area contributed by atoms with Crippen LogP contribution in [0.5, 0.6) is 5.75 Å². The van der Waals surface area contributed by atoms with Crippen LogP contribution >= 0.6 is 11.8 Å². The largest absolute Gasteiger partial charge is 0.573 e. The van der Waals surface area contributed by atoms with Crippen LogP contribution in [0.3, 0.4) is 0 Å². The maximum atomic E-state index is 12.8. The second-order valence-electron chi connectivity index (χ2n) is 10.4. The molecular formula is C31H28F3N7O3S. The second-order valence-corrected chi connectivity index (χ2v) is 11.4. The molecule has 5 rings (SSSR count). The molecule has 0 atom stereocenters. The Bertz CT molecular complexity index is 1800. The van der Waals surface area contributed by atoms with Crippen molar-refractivity contribution in [2.24, 2.45) is 10.1 Å². The fraction of sp³-hybridized carbons (Fsp3) is 0.226. The molecule has 1 aliphatic rings. The lowest BCUT2D eigenvalue weighted by molar-refractivity contribution is -0.274. The fourth-order valence-corrected chi connectivity index (χ4v) is 5.42. The van der Waals surface area contributed by atoms with Gasteiger partial charge in [-0.05, 0) is 78.4 Å². The Kier molecular flexibility index (Phi) is 9.04. The van der Waals surface area contributed by atoms with Gasteiger partial charge in [-0.3, -0.25) is 9.69 Å². The Hall–Kier alpha value is -4.98. The predicted molar refractivity (Wildman–Crippen MR) is 167 cm³/mol. The molecular weight excluding hydrogens is 607 g/mol. The van der Waals surface area contributed by atoms with E-state index in [1.807, 2.05) is 52.0 Å². The fourth-order valence-electron chi connectivity index (χ4n) is 4.57. The average molecular weight is 636 g/mol. The van der Waals surface area contributed by atoms with E-state index in [1.54, 1.807) is 12.1 Å². The number of carbonyl (C=O) groups excluding carboxylic acids is 2. The smallest absolute Gasteiger partial charge is 0.406 e. The Morgan fingerprint density at radius 2 is 1.84 bits per heavy atom. The number of aliphatic imine (C=N–C) groups is 1. The highest BCUT2D eigenvalue weighted by molar-refractivity contribution is 8.15. The maximum Gasteiger partial charge on any atom is 0.573 e. The summed E-state index contributed by atoms with van der Waals surface area (Å²) in [6.45, 7) is 7.89. The van der Waals surface area contributed by atoms with Gasteiger partial charge >= 0.3 is 12.4 Å². The topological polar surface area (TPSA) is 114 Å². The van der Waals surface area contributed by atoms with Crippen LogP contribution in [0.25, 0.3) is 17.1 Å². The van der Waals surface area contributed by atoms with Crippen LogP contribution in [-0.2, 0) is 4.79 Å². The van der Waals surface area contributed by atoms with Crippen LogP contribution in [0.4, 0.5) is 23.7 Å². The number of urea groups is 1. The van der Waals surface area contributed by atoms with Crippen molar-refractivity contribution in [2.75, 3.05) is 10.7 Å². The van der Waals surface area contributed by atoms with Crippen molar-refractivity contribution < 1.29 is 27.5 Å². The number of amides is 3. The van der Waals surface area contributed by atoms with Crippen molar-refractivity contribution in [3.05, 3.63) is 89.2 Å². The van der Waals surface area contributed by atoms with Gasteiger partial charge in [0, 0.05) is 5.56 Å². The van der Waals surface area contributed by atoms with Gasteiger partial charge in [0.2, 0.25) is 5.91 Å². The molecule has 3 amide bonds. The number of alkyl halides is 3. The van der Waals surface area contributed by atoms with E-state index >= 15 is 0 Å². The number of nitrogens with one attached hydrogen (secondary N) is 1. The average Bonchev–Trinajstić information content (AvgIpc) is 3.60. The van der Waals surface area contributed by atoms with Crippen LogP contribution in [0.1, 0.15) is 42.0 Å². The van der Waals surface area contributed by atoms with Crippen LogP contribution in [0, 0.1) is 13.8 Å². The highest BCUT2D eigenvalue weighted by Gasteiger charge is 2.33. The molecule has 0 radical (unpaired) electrons. The highest BCUT2D eigenvalue weighted by atomic mass is 32.2. The third-order valence-corrected chi connectivity index (χ3v) is 7.65. The molecule has 2 heterocycles. The number of halogens is 3. The molecule has 0 aliphatic carbocycles. The molecule has 10 nitrogen and oxygen atoms in total. The molecule has 1 saturated heterocycles. The van der Waals surface area contributed by atoms with E-state index in [4.69, 9.17) is 0 Å². The van der Waals surface area contributed by atoms with Crippen LogP contribution < -0.4 is 15.1 Å². The first-order valence-electron chi connectivity index (χ1n) is 13.7. The Morgan fingerprint density at radius 1 is 1.09 bits per heavy atom. The normalized spacial score (nSPS) is 14.6. The van der Waals surface area contributed by atoms with Gasteiger partial charge in [-0.25, -0.2) is 19.9 Å². The number of aromatic nitrogens is 3. The van der Waals surface area contributed by atoms with Crippen molar-refractivity contribution >= 4 is 40.8 Å². The van der Waals surface area contributed by atoms with Crippen molar-refractivity contribution in [3.63, 3.8) is 0 Å². The first-order chi connectivity index (χ1) is 21.4. The summed E-state index contributed by atoms with van der Waals surface area (Å²) in [5.74, 6) is 0.278. The molecule has 4 aromatic rings. The van der Waals surface area contributed by atoms with E-state index in [1.165, 1.54) is 58.2 Å². The minimum absolute atomic E-state index is 0.147.